The molecule has 2 aliphatic carbocycles. The second-order valence-corrected chi connectivity index (χ2v) is 11.7. The SMILES string of the molecule is C=CC(=C)CC[C@@]1(C)[C@@H](C)C[C@@H](OC(C)=O)C23C(=C[C@@H](OC(=O)C(C)CC)C[C@@H]21)[C@H](OC(C)=O)O[C@@H]3OC(C)=O. The molecule has 2 unspecified atom stereocenters. The molecule has 3 rings (SSSR count). The number of ether oxygens (including phenoxy) is 5. The van der Waals surface area contributed by atoms with Crippen LogP contribution < -0.4 is 0 Å². The molecule has 0 aromatic heterocycles. The van der Waals surface area contributed by atoms with Gasteiger partial charge in [-0.2, -0.15) is 0 Å². The van der Waals surface area contributed by atoms with Crippen LogP contribution in [-0.4, -0.2) is 48.7 Å². The molecule has 0 aromatic rings. The summed E-state index contributed by atoms with van der Waals surface area (Å²) >= 11 is 0. The Morgan fingerprint density at radius 3 is 2.25 bits per heavy atom. The third-order valence-electron chi connectivity index (χ3n) is 9.23. The fraction of sp³-hybridized carbons (Fsp3) is 0.677. The zero-order valence-electron chi connectivity index (χ0n) is 24.8. The molecule has 9 nitrogen and oxygen atoms in total. The van der Waals surface area contributed by atoms with Crippen LogP contribution in [0.15, 0.2) is 36.5 Å². The van der Waals surface area contributed by atoms with Gasteiger partial charge >= 0.3 is 23.9 Å². The van der Waals surface area contributed by atoms with Gasteiger partial charge in [0.1, 0.15) is 17.6 Å². The lowest BCUT2D eigenvalue weighted by molar-refractivity contribution is -0.257. The molecule has 2 fully saturated rings. The molecule has 0 radical (unpaired) electrons. The van der Waals surface area contributed by atoms with Gasteiger partial charge in [-0.05, 0) is 55.4 Å². The van der Waals surface area contributed by atoms with E-state index >= 15 is 0 Å². The summed E-state index contributed by atoms with van der Waals surface area (Å²) in [5.74, 6) is -2.63. The van der Waals surface area contributed by atoms with E-state index < -0.39 is 53.5 Å². The predicted octanol–water partition coefficient (Wildman–Crippen LogP) is 5.19. The van der Waals surface area contributed by atoms with E-state index in [1.54, 1.807) is 12.2 Å². The lowest BCUT2D eigenvalue weighted by Crippen LogP contribution is -2.64. The van der Waals surface area contributed by atoms with Gasteiger partial charge in [0.05, 0.1) is 5.92 Å². The van der Waals surface area contributed by atoms with Crippen molar-refractivity contribution >= 4 is 23.9 Å². The van der Waals surface area contributed by atoms with Crippen molar-refractivity contribution in [3.63, 3.8) is 0 Å². The molecule has 9 atom stereocenters. The van der Waals surface area contributed by atoms with Gasteiger partial charge in [0.25, 0.3) is 0 Å². The van der Waals surface area contributed by atoms with Crippen molar-refractivity contribution in [1.82, 2.24) is 0 Å². The molecular formula is C31H44O9. The normalized spacial score (nSPS) is 35.2. The van der Waals surface area contributed by atoms with Crippen LogP contribution in [0.2, 0.25) is 0 Å². The van der Waals surface area contributed by atoms with Crippen molar-refractivity contribution in [1.29, 1.82) is 0 Å². The Hall–Kier alpha value is -2.94. The molecule has 0 N–H and O–H groups in total. The van der Waals surface area contributed by atoms with E-state index in [0.29, 0.717) is 37.7 Å². The topological polar surface area (TPSA) is 114 Å². The maximum atomic E-state index is 12.9. The van der Waals surface area contributed by atoms with E-state index in [2.05, 4.69) is 27.0 Å². The van der Waals surface area contributed by atoms with E-state index in [9.17, 15) is 19.2 Å². The first-order valence-electron chi connectivity index (χ1n) is 14.1. The number of hydrogen-bond donors (Lipinski definition) is 0. The van der Waals surface area contributed by atoms with Crippen LogP contribution in [0.5, 0.6) is 0 Å². The first kappa shape index (κ1) is 31.6. The summed E-state index contributed by atoms with van der Waals surface area (Å²) in [5, 5.41) is 0. The Bertz CT molecular complexity index is 1080. The third kappa shape index (κ3) is 5.90. The monoisotopic (exact) mass is 560 g/mol. The zero-order valence-corrected chi connectivity index (χ0v) is 24.8. The number of esters is 4. The number of carbonyl (C=O) groups is 4. The summed E-state index contributed by atoms with van der Waals surface area (Å²) in [7, 11) is 0. The van der Waals surface area contributed by atoms with Crippen molar-refractivity contribution in [3.05, 3.63) is 36.5 Å². The Morgan fingerprint density at radius 1 is 1.07 bits per heavy atom. The minimum atomic E-state index is -1.21. The first-order valence-corrected chi connectivity index (χ1v) is 14.1. The molecule has 1 saturated carbocycles. The summed E-state index contributed by atoms with van der Waals surface area (Å²) in [6.07, 6.45) is 2.47. The standard InChI is InChI=1S/C31H44O9/c1-10-17(3)12-13-30(9)19(5)14-26(36-20(6)32)31-24(28(37-21(7)33)40-29(31)38-22(8)34)15-23(16-25(30)31)39-27(35)18(4)11-2/h10,15,18-19,23,25-26,28-29H,1,3,11-14,16H2,2,4-9H3/t18?,19-,23+,25+,26+,28+,29-,30-,31?/m0/s1. The van der Waals surface area contributed by atoms with E-state index in [-0.39, 0.29) is 23.7 Å². The fourth-order valence-corrected chi connectivity index (χ4v) is 6.76. The molecule has 1 saturated heterocycles. The third-order valence-corrected chi connectivity index (χ3v) is 9.23. The van der Waals surface area contributed by atoms with Gasteiger partial charge in [-0.15, -0.1) is 0 Å². The molecule has 1 aliphatic heterocycles. The maximum absolute atomic E-state index is 12.9. The van der Waals surface area contributed by atoms with E-state index in [1.165, 1.54) is 20.8 Å². The molecule has 9 heteroatoms. The number of hydrogen-bond acceptors (Lipinski definition) is 9. The molecule has 3 aliphatic rings. The second-order valence-electron chi connectivity index (χ2n) is 11.7. The molecule has 0 amide bonds. The lowest BCUT2D eigenvalue weighted by Gasteiger charge is -2.61. The molecule has 1 heterocycles. The largest absolute Gasteiger partial charge is 0.461 e. The van der Waals surface area contributed by atoms with Crippen molar-refractivity contribution in [2.45, 2.75) is 105 Å². The summed E-state index contributed by atoms with van der Waals surface area (Å²) in [6.45, 7) is 19.8. The predicted molar refractivity (Wildman–Crippen MR) is 146 cm³/mol. The first-order chi connectivity index (χ1) is 18.7. The summed E-state index contributed by atoms with van der Waals surface area (Å²) < 4.78 is 29.5. The van der Waals surface area contributed by atoms with Gasteiger partial charge in [0.15, 0.2) is 0 Å². The van der Waals surface area contributed by atoms with Crippen molar-refractivity contribution in [2.75, 3.05) is 0 Å². The highest BCUT2D eigenvalue weighted by atomic mass is 16.8. The van der Waals surface area contributed by atoms with Gasteiger partial charge in [-0.25, -0.2) is 0 Å². The van der Waals surface area contributed by atoms with Gasteiger partial charge < -0.3 is 18.9 Å². The Labute approximate surface area is 237 Å². The average Bonchev–Trinajstić information content (AvgIpc) is 3.16. The highest BCUT2D eigenvalue weighted by molar-refractivity contribution is 5.72. The Kier molecular flexibility index (Phi) is 9.70. The van der Waals surface area contributed by atoms with Crippen molar-refractivity contribution in [2.24, 2.45) is 28.6 Å². The minimum Gasteiger partial charge on any atom is -0.461 e. The molecular weight excluding hydrogens is 516 g/mol. The van der Waals surface area contributed by atoms with Crippen LogP contribution in [-0.2, 0) is 42.9 Å². The number of rotatable bonds is 10. The van der Waals surface area contributed by atoms with Gasteiger partial charge in [0.2, 0.25) is 12.6 Å². The van der Waals surface area contributed by atoms with Crippen LogP contribution in [0.4, 0.5) is 0 Å². The molecule has 0 aromatic carbocycles. The second kappa shape index (κ2) is 12.3. The Morgan fingerprint density at radius 2 is 1.70 bits per heavy atom. The highest BCUT2D eigenvalue weighted by Gasteiger charge is 2.72. The molecule has 1 spiro atoms. The summed E-state index contributed by atoms with van der Waals surface area (Å²) in [6, 6.07) is 0. The van der Waals surface area contributed by atoms with Crippen LogP contribution in [0.3, 0.4) is 0 Å². The summed E-state index contributed by atoms with van der Waals surface area (Å²) in [5.41, 5.74) is -0.240. The smallest absolute Gasteiger partial charge is 0.309 e. The van der Waals surface area contributed by atoms with E-state index in [1.807, 2.05) is 13.8 Å². The van der Waals surface area contributed by atoms with Crippen molar-refractivity contribution in [3.8, 4) is 0 Å². The molecule has 222 valence electrons. The van der Waals surface area contributed by atoms with Crippen LogP contribution in [0, 0.1) is 28.6 Å². The summed E-state index contributed by atoms with van der Waals surface area (Å²) in [4.78, 5) is 49.9. The fourth-order valence-electron chi connectivity index (χ4n) is 6.76. The maximum Gasteiger partial charge on any atom is 0.309 e. The minimum absolute atomic E-state index is 0.0427. The number of allylic oxidation sites excluding steroid dienone is 2. The van der Waals surface area contributed by atoms with Crippen LogP contribution >= 0.6 is 0 Å². The van der Waals surface area contributed by atoms with E-state index in [4.69, 9.17) is 23.7 Å². The van der Waals surface area contributed by atoms with Crippen LogP contribution in [0.25, 0.3) is 0 Å². The van der Waals surface area contributed by atoms with Crippen molar-refractivity contribution < 1.29 is 42.9 Å². The van der Waals surface area contributed by atoms with E-state index in [0.717, 1.165) is 5.57 Å². The average molecular weight is 561 g/mol. The van der Waals surface area contributed by atoms with Gasteiger partial charge in [-0.1, -0.05) is 52.5 Å². The van der Waals surface area contributed by atoms with Gasteiger partial charge in [-0.3, -0.25) is 23.9 Å². The zero-order chi connectivity index (χ0) is 30.0. The molecule has 0 bridgehead atoms. The lowest BCUT2D eigenvalue weighted by atomic mass is 9.45. The number of carbonyl (C=O) groups excluding carboxylic acids is 4. The molecule has 40 heavy (non-hydrogen) atoms. The van der Waals surface area contributed by atoms with Crippen LogP contribution in [0.1, 0.15) is 80.6 Å². The Balaban J connectivity index is 2.28. The van der Waals surface area contributed by atoms with Gasteiger partial charge in [0, 0.05) is 26.3 Å². The highest BCUT2D eigenvalue weighted by Crippen LogP contribution is 2.68. The quantitative estimate of drug-likeness (QED) is 0.154.